The maximum Gasteiger partial charge on any atom is 0.379 e. The van der Waals surface area contributed by atoms with E-state index >= 15 is 0 Å². The number of carbonyl (C=O) groups is 1. The van der Waals surface area contributed by atoms with Crippen molar-refractivity contribution in [1.82, 2.24) is 0 Å². The Hall–Kier alpha value is -1.68. The van der Waals surface area contributed by atoms with E-state index in [1.54, 1.807) is 24.3 Å². The minimum absolute atomic E-state index is 0.146. The summed E-state index contributed by atoms with van der Waals surface area (Å²) in [5, 5.41) is 8.98. The van der Waals surface area contributed by atoms with Crippen LogP contribution in [0.25, 0.3) is 10.8 Å². The van der Waals surface area contributed by atoms with Crippen LogP contribution in [0.1, 0.15) is 5.56 Å². The normalized spacial score (nSPS) is 11.7. The maximum atomic E-state index is 13.6. The highest BCUT2D eigenvalue weighted by Gasteiger charge is 2.44. The van der Waals surface area contributed by atoms with Crippen molar-refractivity contribution in [3.05, 3.63) is 47.0 Å². The van der Waals surface area contributed by atoms with Gasteiger partial charge in [0.2, 0.25) is 0 Å². The van der Waals surface area contributed by atoms with Crippen molar-refractivity contribution in [2.24, 2.45) is 0 Å². The van der Waals surface area contributed by atoms with Crippen molar-refractivity contribution in [2.45, 2.75) is 5.92 Å². The number of carboxylic acids is 1. The Morgan fingerprint density at radius 3 is 2.47 bits per heavy atom. The lowest BCUT2D eigenvalue weighted by Crippen LogP contribution is -2.26. The third-order valence-corrected chi connectivity index (χ3v) is 2.78. The third-order valence-electron chi connectivity index (χ3n) is 2.46. The molecule has 17 heavy (non-hydrogen) atoms. The predicted octanol–water partition coefficient (Wildman–Crippen LogP) is 3.67. The Morgan fingerprint density at radius 1 is 1.18 bits per heavy atom. The smallest absolute Gasteiger partial charge is 0.379 e. The van der Waals surface area contributed by atoms with Gasteiger partial charge in [0.15, 0.2) is 0 Å². The average Bonchev–Trinajstić information content (AvgIpc) is 2.28. The molecule has 0 fully saturated rings. The molecule has 5 heteroatoms. The molecule has 2 aromatic rings. The topological polar surface area (TPSA) is 37.3 Å². The Morgan fingerprint density at radius 2 is 1.82 bits per heavy atom. The molecule has 88 valence electrons. The van der Waals surface area contributed by atoms with Crippen LogP contribution in [-0.4, -0.2) is 11.1 Å². The highest BCUT2D eigenvalue weighted by Crippen LogP contribution is 2.38. The summed E-state index contributed by atoms with van der Waals surface area (Å²) in [6.45, 7) is 0. The van der Waals surface area contributed by atoms with Gasteiger partial charge in [-0.1, -0.05) is 41.9 Å². The van der Waals surface area contributed by atoms with E-state index in [-0.39, 0.29) is 10.4 Å². The van der Waals surface area contributed by atoms with Gasteiger partial charge in [-0.15, -0.1) is 0 Å². The molecular formula is C12H7ClF2O2. The van der Waals surface area contributed by atoms with Crippen LogP contribution in [0.15, 0.2) is 36.4 Å². The fourth-order valence-electron chi connectivity index (χ4n) is 1.67. The zero-order valence-corrected chi connectivity index (χ0v) is 9.21. The van der Waals surface area contributed by atoms with Crippen LogP contribution in [0, 0.1) is 0 Å². The van der Waals surface area contributed by atoms with Gasteiger partial charge in [0.1, 0.15) is 0 Å². The summed E-state index contributed by atoms with van der Waals surface area (Å²) >= 11 is 5.69. The number of fused-ring (bicyclic) bond motifs is 1. The van der Waals surface area contributed by atoms with E-state index in [9.17, 15) is 13.6 Å². The molecule has 0 radical (unpaired) electrons. The molecule has 2 nitrogen and oxygen atoms in total. The Bertz CT molecular complexity index is 596. The van der Waals surface area contributed by atoms with Gasteiger partial charge in [-0.05, 0) is 16.8 Å². The van der Waals surface area contributed by atoms with E-state index in [4.69, 9.17) is 16.7 Å². The lowest BCUT2D eigenvalue weighted by Gasteiger charge is -2.15. The van der Waals surface area contributed by atoms with Gasteiger partial charge in [-0.3, -0.25) is 0 Å². The van der Waals surface area contributed by atoms with Gasteiger partial charge in [-0.2, -0.15) is 8.78 Å². The van der Waals surface area contributed by atoms with Gasteiger partial charge in [0, 0.05) is 0 Å². The van der Waals surface area contributed by atoms with Crippen molar-refractivity contribution in [3.63, 3.8) is 0 Å². The summed E-state index contributed by atoms with van der Waals surface area (Å²) in [7, 11) is 0. The number of aliphatic carboxylic acids is 1. The zero-order chi connectivity index (χ0) is 12.6. The van der Waals surface area contributed by atoms with Gasteiger partial charge < -0.3 is 5.11 Å². The molecule has 0 atom stereocenters. The number of carboxylic acid groups (broad SMARTS) is 1. The van der Waals surface area contributed by atoms with Crippen LogP contribution in [0.5, 0.6) is 0 Å². The summed E-state index contributed by atoms with van der Waals surface area (Å²) in [5.74, 6) is -6.21. The first-order chi connectivity index (χ1) is 7.94. The number of halogens is 3. The van der Waals surface area contributed by atoms with Gasteiger partial charge in [0.05, 0.1) is 10.6 Å². The second-order valence-corrected chi connectivity index (χ2v) is 3.93. The molecule has 0 aliphatic heterocycles. The molecule has 0 bridgehead atoms. The fraction of sp³-hybridized carbons (Fsp3) is 0.0833. The monoisotopic (exact) mass is 256 g/mol. The van der Waals surface area contributed by atoms with E-state index < -0.39 is 17.5 Å². The SMILES string of the molecule is O=C(O)C(F)(F)c1c(Cl)ccc2ccccc12. The van der Waals surface area contributed by atoms with E-state index in [2.05, 4.69) is 0 Å². The molecule has 0 amide bonds. The van der Waals surface area contributed by atoms with Crippen LogP contribution in [0.4, 0.5) is 8.78 Å². The molecule has 0 aliphatic carbocycles. The first-order valence-electron chi connectivity index (χ1n) is 4.73. The molecule has 2 rings (SSSR count). The highest BCUT2D eigenvalue weighted by molar-refractivity contribution is 6.32. The molecule has 1 N–H and O–H groups in total. The Balaban J connectivity index is 2.84. The van der Waals surface area contributed by atoms with Crippen molar-refractivity contribution in [3.8, 4) is 0 Å². The van der Waals surface area contributed by atoms with Crippen molar-refractivity contribution in [1.29, 1.82) is 0 Å². The standard InChI is InChI=1S/C12H7ClF2O2/c13-9-6-5-7-3-1-2-4-8(7)10(9)12(14,15)11(16)17/h1-6H,(H,16,17). The summed E-state index contributed by atoms with van der Waals surface area (Å²) in [4.78, 5) is 10.6. The number of rotatable bonds is 2. The van der Waals surface area contributed by atoms with Crippen LogP contribution in [-0.2, 0) is 10.7 Å². The summed E-state index contributed by atoms with van der Waals surface area (Å²) in [5.41, 5.74) is -0.662. The molecule has 0 aromatic heterocycles. The third kappa shape index (κ3) is 1.85. The van der Waals surface area contributed by atoms with Crippen LogP contribution in [0.3, 0.4) is 0 Å². The minimum atomic E-state index is -4.00. The summed E-state index contributed by atoms with van der Waals surface area (Å²) in [6, 6.07) is 9.12. The van der Waals surface area contributed by atoms with Gasteiger partial charge in [-0.25, -0.2) is 4.79 Å². The van der Waals surface area contributed by atoms with E-state index in [0.717, 1.165) is 0 Å². The van der Waals surface area contributed by atoms with Crippen molar-refractivity contribution >= 4 is 28.3 Å². The number of hydrogen-bond donors (Lipinski definition) is 1. The molecule has 0 heterocycles. The summed E-state index contributed by atoms with van der Waals surface area (Å²) in [6.07, 6.45) is 0. The second-order valence-electron chi connectivity index (χ2n) is 3.52. The first kappa shape index (κ1) is 11.8. The van der Waals surface area contributed by atoms with Gasteiger partial charge >= 0.3 is 11.9 Å². The van der Waals surface area contributed by atoms with Crippen LogP contribution >= 0.6 is 11.6 Å². The predicted molar refractivity (Wildman–Crippen MR) is 60.5 cm³/mol. The first-order valence-corrected chi connectivity index (χ1v) is 5.11. The largest absolute Gasteiger partial charge is 0.477 e. The number of benzene rings is 2. The Labute approximate surface area is 100 Å². The maximum absolute atomic E-state index is 13.6. The summed E-state index contributed by atoms with van der Waals surface area (Å²) < 4.78 is 27.2. The lowest BCUT2D eigenvalue weighted by molar-refractivity contribution is -0.166. The Kier molecular flexibility index (Phi) is 2.75. The molecule has 0 spiro atoms. The number of alkyl halides is 2. The van der Waals surface area contributed by atoms with Crippen LogP contribution in [0.2, 0.25) is 5.02 Å². The molecule has 0 aliphatic rings. The molecular weight excluding hydrogens is 250 g/mol. The minimum Gasteiger partial charge on any atom is -0.477 e. The van der Waals surface area contributed by atoms with Crippen molar-refractivity contribution < 1.29 is 18.7 Å². The highest BCUT2D eigenvalue weighted by atomic mass is 35.5. The van der Waals surface area contributed by atoms with Crippen molar-refractivity contribution in [2.75, 3.05) is 0 Å². The lowest BCUT2D eigenvalue weighted by atomic mass is 9.99. The number of hydrogen-bond acceptors (Lipinski definition) is 1. The average molecular weight is 257 g/mol. The van der Waals surface area contributed by atoms with E-state index in [0.29, 0.717) is 5.39 Å². The molecule has 2 aromatic carbocycles. The van der Waals surface area contributed by atoms with E-state index in [1.807, 2.05) is 0 Å². The van der Waals surface area contributed by atoms with Crippen LogP contribution < -0.4 is 0 Å². The van der Waals surface area contributed by atoms with E-state index in [1.165, 1.54) is 12.1 Å². The zero-order valence-electron chi connectivity index (χ0n) is 8.45. The molecule has 0 saturated heterocycles. The fourth-order valence-corrected chi connectivity index (χ4v) is 1.95. The van der Waals surface area contributed by atoms with Gasteiger partial charge in [0.25, 0.3) is 0 Å². The molecule has 0 saturated carbocycles. The second kappa shape index (κ2) is 3.96. The quantitative estimate of drug-likeness (QED) is 0.890. The molecule has 0 unspecified atom stereocenters.